The van der Waals surface area contributed by atoms with Crippen LogP contribution in [0.1, 0.15) is 27.7 Å². The highest BCUT2D eigenvalue weighted by molar-refractivity contribution is 7.17. The van der Waals surface area contributed by atoms with E-state index in [1.807, 2.05) is 25.1 Å². The summed E-state index contributed by atoms with van der Waals surface area (Å²) in [6.45, 7) is 3.16. The van der Waals surface area contributed by atoms with Crippen molar-refractivity contribution in [3.8, 4) is 10.4 Å². The van der Waals surface area contributed by atoms with Crippen molar-refractivity contribution < 1.29 is 18.7 Å². The molecule has 10 heteroatoms. The van der Waals surface area contributed by atoms with Crippen LogP contribution in [-0.2, 0) is 12.1 Å². The van der Waals surface area contributed by atoms with E-state index in [0.29, 0.717) is 16.0 Å². The number of benzene rings is 2. The van der Waals surface area contributed by atoms with E-state index in [0.717, 1.165) is 22.1 Å². The third-order valence-corrected chi connectivity index (χ3v) is 7.12. The summed E-state index contributed by atoms with van der Waals surface area (Å²) in [6.07, 6.45) is 2.64. The molecule has 0 fully saturated rings. The molecule has 0 spiro atoms. The van der Waals surface area contributed by atoms with Gasteiger partial charge in [0.1, 0.15) is 29.9 Å². The highest BCUT2D eigenvalue weighted by Crippen LogP contribution is 2.34. The number of nitrogens with zero attached hydrogens (tertiary/aromatic N) is 3. The number of aryl methyl sites for hydroxylation is 1. The monoisotopic (exact) mass is 502 g/mol. The van der Waals surface area contributed by atoms with Crippen LogP contribution in [0, 0.1) is 18.6 Å². The molecule has 0 bridgehead atoms. The number of hydrogen-bond donors (Lipinski definition) is 2. The predicted octanol–water partition coefficient (Wildman–Crippen LogP) is 4.95. The standard InChI is InChI=1S/C24H21ClF2N4O2S/c1-14-9-21(16-3-5-17(25)6-4-16)34-22(14)23(32)30-15(2)24(33,11-31-13-28-12-29-31)19-8-7-18(26)10-20(19)27/h3-10,12-13,15,33H,11H2,1-2H3,(H,30,32). The Morgan fingerprint density at radius 3 is 2.62 bits per heavy atom. The molecule has 4 rings (SSSR count). The molecule has 2 unspecified atom stereocenters. The first-order chi connectivity index (χ1) is 16.2. The van der Waals surface area contributed by atoms with Gasteiger partial charge in [-0.3, -0.25) is 4.79 Å². The fourth-order valence-corrected chi connectivity index (χ4v) is 4.91. The second-order valence-corrected chi connectivity index (χ2v) is 9.45. The van der Waals surface area contributed by atoms with Crippen LogP contribution in [0.5, 0.6) is 0 Å². The first-order valence-corrected chi connectivity index (χ1v) is 11.5. The summed E-state index contributed by atoms with van der Waals surface area (Å²) in [5.41, 5.74) is -0.430. The molecule has 0 saturated heterocycles. The molecular formula is C24H21ClF2N4O2S. The number of carbonyl (C=O) groups excluding carboxylic acids is 1. The number of nitrogens with one attached hydrogen (secondary N) is 1. The van der Waals surface area contributed by atoms with Crippen molar-refractivity contribution in [2.45, 2.75) is 32.0 Å². The van der Waals surface area contributed by atoms with Crippen molar-refractivity contribution in [1.29, 1.82) is 0 Å². The molecule has 0 aliphatic rings. The molecule has 0 saturated carbocycles. The number of aromatic nitrogens is 3. The van der Waals surface area contributed by atoms with Crippen LogP contribution in [0.25, 0.3) is 10.4 Å². The van der Waals surface area contributed by atoms with Gasteiger partial charge in [-0.15, -0.1) is 11.3 Å². The Balaban J connectivity index is 1.63. The molecule has 2 aromatic carbocycles. The number of thiophene rings is 1. The summed E-state index contributed by atoms with van der Waals surface area (Å²) in [7, 11) is 0. The van der Waals surface area contributed by atoms with Gasteiger partial charge in [0.05, 0.1) is 17.5 Å². The molecule has 2 heterocycles. The van der Waals surface area contributed by atoms with E-state index in [1.54, 1.807) is 19.1 Å². The summed E-state index contributed by atoms with van der Waals surface area (Å²) in [5, 5.41) is 19.0. The number of amides is 1. The van der Waals surface area contributed by atoms with E-state index in [-0.39, 0.29) is 12.1 Å². The minimum Gasteiger partial charge on any atom is -0.381 e. The predicted molar refractivity (Wildman–Crippen MR) is 127 cm³/mol. The minimum absolute atomic E-state index is 0.165. The van der Waals surface area contributed by atoms with E-state index in [2.05, 4.69) is 15.4 Å². The van der Waals surface area contributed by atoms with Gasteiger partial charge in [-0.1, -0.05) is 29.8 Å². The summed E-state index contributed by atoms with van der Waals surface area (Å²) in [6, 6.07) is 11.1. The van der Waals surface area contributed by atoms with Gasteiger partial charge >= 0.3 is 0 Å². The zero-order valence-electron chi connectivity index (χ0n) is 18.3. The Bertz CT molecular complexity index is 1310. The lowest BCUT2D eigenvalue weighted by Gasteiger charge is -2.35. The summed E-state index contributed by atoms with van der Waals surface area (Å²) < 4.78 is 29.6. The molecule has 2 aromatic heterocycles. The second-order valence-electron chi connectivity index (χ2n) is 7.97. The Hall–Kier alpha value is -3.14. The maximum atomic E-state index is 14.7. The lowest BCUT2D eigenvalue weighted by Crippen LogP contribution is -2.51. The molecule has 176 valence electrons. The molecule has 2 N–H and O–H groups in total. The number of halogens is 3. The number of carbonyl (C=O) groups is 1. The molecule has 1 amide bonds. The molecule has 6 nitrogen and oxygen atoms in total. The fraction of sp³-hybridized carbons (Fsp3) is 0.208. The van der Waals surface area contributed by atoms with Gasteiger partial charge in [0, 0.05) is 21.5 Å². The zero-order chi connectivity index (χ0) is 24.5. The van der Waals surface area contributed by atoms with Crippen molar-refractivity contribution in [3.63, 3.8) is 0 Å². The van der Waals surface area contributed by atoms with E-state index in [4.69, 9.17) is 11.6 Å². The van der Waals surface area contributed by atoms with Gasteiger partial charge in [-0.05, 0) is 49.2 Å². The minimum atomic E-state index is -1.94. The van der Waals surface area contributed by atoms with Crippen LogP contribution in [0.2, 0.25) is 5.02 Å². The van der Waals surface area contributed by atoms with Crippen LogP contribution in [-0.4, -0.2) is 31.8 Å². The number of aliphatic hydroxyl groups is 1. The molecule has 4 aromatic rings. The lowest BCUT2D eigenvalue weighted by molar-refractivity contribution is -0.0185. The second kappa shape index (κ2) is 9.61. The highest BCUT2D eigenvalue weighted by Gasteiger charge is 2.40. The van der Waals surface area contributed by atoms with Crippen molar-refractivity contribution in [2.24, 2.45) is 0 Å². The third-order valence-electron chi connectivity index (χ3n) is 5.58. The van der Waals surface area contributed by atoms with Gasteiger partial charge in [0.25, 0.3) is 5.91 Å². The van der Waals surface area contributed by atoms with Crippen molar-refractivity contribution >= 4 is 28.8 Å². The summed E-state index contributed by atoms with van der Waals surface area (Å²) in [5.74, 6) is -2.12. The lowest BCUT2D eigenvalue weighted by atomic mass is 9.86. The third kappa shape index (κ3) is 4.86. The van der Waals surface area contributed by atoms with Gasteiger partial charge < -0.3 is 10.4 Å². The van der Waals surface area contributed by atoms with Crippen molar-refractivity contribution in [3.05, 3.63) is 93.8 Å². The maximum Gasteiger partial charge on any atom is 0.261 e. The number of hydrogen-bond acceptors (Lipinski definition) is 5. The summed E-state index contributed by atoms with van der Waals surface area (Å²) >= 11 is 7.26. The maximum absolute atomic E-state index is 14.7. The van der Waals surface area contributed by atoms with Crippen molar-refractivity contribution in [2.75, 3.05) is 0 Å². The summed E-state index contributed by atoms with van der Waals surface area (Å²) in [4.78, 5) is 18.4. The average molecular weight is 503 g/mol. The van der Waals surface area contributed by atoms with Gasteiger partial charge in [-0.2, -0.15) is 5.10 Å². The molecular weight excluding hydrogens is 482 g/mol. The Morgan fingerprint density at radius 2 is 1.97 bits per heavy atom. The van der Waals surface area contributed by atoms with E-state index in [1.165, 1.54) is 34.7 Å². The average Bonchev–Trinajstić information content (AvgIpc) is 3.43. The first-order valence-electron chi connectivity index (χ1n) is 10.3. The normalized spacial score (nSPS) is 13.9. The van der Waals surface area contributed by atoms with Gasteiger partial charge in [0.2, 0.25) is 0 Å². The van der Waals surface area contributed by atoms with E-state index < -0.39 is 29.2 Å². The van der Waals surface area contributed by atoms with Crippen LogP contribution >= 0.6 is 22.9 Å². The molecule has 0 radical (unpaired) electrons. The quantitative estimate of drug-likeness (QED) is 0.374. The molecule has 0 aliphatic carbocycles. The van der Waals surface area contributed by atoms with Crippen LogP contribution in [0.4, 0.5) is 8.78 Å². The van der Waals surface area contributed by atoms with Crippen molar-refractivity contribution in [1.82, 2.24) is 20.1 Å². The topological polar surface area (TPSA) is 80.0 Å². The SMILES string of the molecule is Cc1cc(-c2ccc(Cl)cc2)sc1C(=O)NC(C)C(O)(Cn1cncn1)c1ccc(F)cc1F. The van der Waals surface area contributed by atoms with E-state index in [9.17, 15) is 18.7 Å². The van der Waals surface area contributed by atoms with Gasteiger partial charge in [0.15, 0.2) is 0 Å². The van der Waals surface area contributed by atoms with Crippen LogP contribution in [0.3, 0.4) is 0 Å². The molecule has 2 atom stereocenters. The first kappa shape index (κ1) is 24.0. The Morgan fingerprint density at radius 1 is 1.24 bits per heavy atom. The highest BCUT2D eigenvalue weighted by atomic mass is 35.5. The Labute approximate surface area is 203 Å². The Kier molecular flexibility index (Phi) is 6.79. The fourth-order valence-electron chi connectivity index (χ4n) is 3.70. The molecule has 34 heavy (non-hydrogen) atoms. The molecule has 0 aliphatic heterocycles. The van der Waals surface area contributed by atoms with Crippen LogP contribution in [0.15, 0.2) is 61.2 Å². The smallest absolute Gasteiger partial charge is 0.261 e. The number of rotatable bonds is 7. The van der Waals surface area contributed by atoms with Gasteiger partial charge in [-0.25, -0.2) is 18.4 Å². The van der Waals surface area contributed by atoms with Crippen LogP contribution < -0.4 is 5.32 Å². The zero-order valence-corrected chi connectivity index (χ0v) is 19.9. The van der Waals surface area contributed by atoms with E-state index >= 15 is 0 Å². The largest absolute Gasteiger partial charge is 0.381 e.